The van der Waals surface area contributed by atoms with Crippen molar-refractivity contribution in [2.45, 2.75) is 36.9 Å². The Morgan fingerprint density at radius 1 is 1.32 bits per heavy atom. The molecule has 2 fully saturated rings. The summed E-state index contributed by atoms with van der Waals surface area (Å²) in [6, 6.07) is 8.73. The number of benzene rings is 1. The minimum absolute atomic E-state index is 0.279. The van der Waals surface area contributed by atoms with Crippen LogP contribution in [0.3, 0.4) is 0 Å². The summed E-state index contributed by atoms with van der Waals surface area (Å²) in [5, 5.41) is 14.0. The zero-order chi connectivity index (χ0) is 15.5. The van der Waals surface area contributed by atoms with Gasteiger partial charge in [0.15, 0.2) is 18.6 Å². The quantitative estimate of drug-likeness (QED) is 0.633. The van der Waals surface area contributed by atoms with Gasteiger partial charge in [0.2, 0.25) is 4.91 Å². The Morgan fingerprint density at radius 2 is 2.09 bits per heavy atom. The van der Waals surface area contributed by atoms with Gasteiger partial charge in [-0.2, -0.15) is 0 Å². The molecule has 0 aliphatic carbocycles. The number of aliphatic hydroxyl groups excluding tert-OH is 1. The number of fused-ring (bicyclic) bond motifs is 1. The number of nitrogens with one attached hydrogen (secondary N) is 1. The second kappa shape index (κ2) is 6.62. The molecule has 0 spiro atoms. The number of ether oxygens (including phenoxy) is 4. The molecule has 0 amide bonds. The zero-order valence-electron chi connectivity index (χ0n) is 12.0. The third kappa shape index (κ3) is 2.80. The van der Waals surface area contributed by atoms with E-state index in [4.69, 9.17) is 24.5 Å². The standard InChI is InChI=1S/C14H18N3O5/c1-19-14-11(18)10(16-17-15)12-9(21-14)7-20-13(22-12)8-5-3-2-4-6-8/h2-6,9-15,18H,7H2,1H3/q+1. The highest BCUT2D eigenvalue weighted by molar-refractivity contribution is 5.16. The van der Waals surface area contributed by atoms with Gasteiger partial charge in [-0.3, -0.25) is 0 Å². The second-order valence-corrected chi connectivity index (χ2v) is 5.15. The molecule has 2 aliphatic rings. The normalized spacial score (nSPS) is 37.9. The molecule has 22 heavy (non-hydrogen) atoms. The number of methoxy groups -OCH3 is 1. The maximum Gasteiger partial charge on any atom is 0.214 e. The fraction of sp³-hybridized carbons (Fsp3) is 0.571. The third-order valence-corrected chi connectivity index (χ3v) is 3.83. The Balaban J connectivity index is 1.82. The van der Waals surface area contributed by atoms with Crippen molar-refractivity contribution in [3.05, 3.63) is 35.9 Å². The summed E-state index contributed by atoms with van der Waals surface area (Å²) in [4.78, 5) is 3.05. The smallest absolute Gasteiger partial charge is 0.214 e. The van der Waals surface area contributed by atoms with E-state index in [1.54, 1.807) is 0 Å². The molecule has 6 unspecified atom stereocenters. The van der Waals surface area contributed by atoms with Crippen molar-refractivity contribution in [1.29, 1.82) is 5.53 Å². The number of hydrogen-bond acceptors (Lipinski definition) is 7. The molecular formula is C14H18N3O5+. The number of rotatable bonds is 3. The lowest BCUT2D eigenvalue weighted by Gasteiger charge is -2.44. The van der Waals surface area contributed by atoms with Crippen LogP contribution in [0.5, 0.6) is 0 Å². The first-order valence-corrected chi connectivity index (χ1v) is 6.99. The third-order valence-electron chi connectivity index (χ3n) is 3.83. The van der Waals surface area contributed by atoms with Gasteiger partial charge < -0.3 is 24.1 Å². The van der Waals surface area contributed by atoms with E-state index >= 15 is 0 Å². The Hall–Kier alpha value is -1.67. The number of aliphatic hydroxyl groups is 1. The zero-order valence-corrected chi connectivity index (χ0v) is 12.0. The van der Waals surface area contributed by atoms with Crippen LogP contribution in [0.4, 0.5) is 0 Å². The molecule has 0 bridgehead atoms. The van der Waals surface area contributed by atoms with E-state index in [1.165, 1.54) is 7.11 Å². The number of hydrogen-bond donors (Lipinski definition) is 2. The van der Waals surface area contributed by atoms with Crippen LogP contribution in [-0.2, 0) is 18.9 Å². The van der Waals surface area contributed by atoms with Crippen molar-refractivity contribution in [1.82, 2.24) is 4.91 Å². The molecule has 2 saturated heterocycles. The predicted octanol–water partition coefficient (Wildman–Crippen LogP) is 0.752. The van der Waals surface area contributed by atoms with Crippen LogP contribution in [0.2, 0.25) is 0 Å². The maximum atomic E-state index is 10.2. The minimum atomic E-state index is -1.06. The molecule has 0 saturated carbocycles. The summed E-state index contributed by atoms with van der Waals surface area (Å²) >= 11 is 0. The molecule has 118 valence electrons. The largest absolute Gasteiger partial charge is 0.385 e. The SMILES string of the molecule is COC1OC2COC(c3ccccc3)OC2C(N=[N+]=N)C1O. The minimum Gasteiger partial charge on any atom is -0.385 e. The van der Waals surface area contributed by atoms with E-state index in [-0.39, 0.29) is 6.61 Å². The van der Waals surface area contributed by atoms with Crippen molar-refractivity contribution < 1.29 is 24.1 Å². The maximum absolute atomic E-state index is 10.2. The van der Waals surface area contributed by atoms with Gasteiger partial charge in [0.05, 0.1) is 6.61 Å². The van der Waals surface area contributed by atoms with Crippen LogP contribution in [0, 0.1) is 5.53 Å². The summed E-state index contributed by atoms with van der Waals surface area (Å²) in [7, 11) is 1.43. The summed E-state index contributed by atoms with van der Waals surface area (Å²) in [6.45, 7) is 0.279. The average Bonchev–Trinajstić information content (AvgIpc) is 2.57. The van der Waals surface area contributed by atoms with E-state index in [1.807, 2.05) is 30.3 Å². The molecule has 6 atom stereocenters. The van der Waals surface area contributed by atoms with Gasteiger partial charge >= 0.3 is 0 Å². The molecule has 2 heterocycles. The highest BCUT2D eigenvalue weighted by atomic mass is 16.7. The van der Waals surface area contributed by atoms with Crippen molar-refractivity contribution in [3.8, 4) is 0 Å². The first kappa shape index (κ1) is 15.2. The Bertz CT molecular complexity index is 551. The van der Waals surface area contributed by atoms with Gasteiger partial charge in [0.25, 0.3) is 0 Å². The highest BCUT2D eigenvalue weighted by Gasteiger charge is 2.52. The summed E-state index contributed by atoms with van der Waals surface area (Å²) in [5.41, 5.74) is 7.82. The van der Waals surface area contributed by atoms with E-state index in [0.29, 0.717) is 0 Å². The van der Waals surface area contributed by atoms with Crippen LogP contribution in [0.1, 0.15) is 11.9 Å². The summed E-state index contributed by atoms with van der Waals surface area (Å²) < 4.78 is 22.3. The predicted molar refractivity (Wildman–Crippen MR) is 72.8 cm³/mol. The van der Waals surface area contributed by atoms with Crippen molar-refractivity contribution >= 4 is 0 Å². The molecule has 8 heteroatoms. The van der Waals surface area contributed by atoms with E-state index < -0.39 is 36.9 Å². The van der Waals surface area contributed by atoms with Crippen molar-refractivity contribution in [2.24, 2.45) is 5.11 Å². The van der Waals surface area contributed by atoms with Gasteiger partial charge in [0.1, 0.15) is 29.0 Å². The van der Waals surface area contributed by atoms with Crippen LogP contribution in [0.15, 0.2) is 35.4 Å². The molecule has 8 nitrogen and oxygen atoms in total. The lowest BCUT2D eigenvalue weighted by Crippen LogP contribution is -2.61. The van der Waals surface area contributed by atoms with Crippen molar-refractivity contribution in [2.75, 3.05) is 13.7 Å². The molecule has 0 aromatic heterocycles. The lowest BCUT2D eigenvalue weighted by atomic mass is 9.96. The molecular weight excluding hydrogens is 290 g/mol. The molecule has 2 aliphatic heterocycles. The summed E-state index contributed by atoms with van der Waals surface area (Å²) in [6.07, 6.45) is -3.48. The van der Waals surface area contributed by atoms with Crippen LogP contribution in [-0.4, -0.2) is 49.5 Å². The van der Waals surface area contributed by atoms with Crippen LogP contribution < -0.4 is 4.91 Å². The van der Waals surface area contributed by atoms with E-state index in [2.05, 4.69) is 10.0 Å². The fourth-order valence-corrected chi connectivity index (χ4v) is 2.75. The summed E-state index contributed by atoms with van der Waals surface area (Å²) in [5.74, 6) is 0. The first-order chi connectivity index (χ1) is 10.7. The van der Waals surface area contributed by atoms with Crippen LogP contribution >= 0.6 is 0 Å². The van der Waals surface area contributed by atoms with Crippen LogP contribution in [0.25, 0.3) is 0 Å². The number of nitrogens with zero attached hydrogens (tertiary/aromatic N) is 2. The van der Waals surface area contributed by atoms with Gasteiger partial charge in [-0.25, -0.2) is 0 Å². The molecule has 1 aromatic carbocycles. The monoisotopic (exact) mass is 308 g/mol. The van der Waals surface area contributed by atoms with Crippen molar-refractivity contribution in [3.63, 3.8) is 0 Å². The molecule has 2 N–H and O–H groups in total. The topological polar surface area (TPSA) is 107 Å². The lowest BCUT2D eigenvalue weighted by molar-refractivity contribution is -0.338. The Kier molecular flexibility index (Phi) is 4.58. The Morgan fingerprint density at radius 3 is 2.77 bits per heavy atom. The highest BCUT2D eigenvalue weighted by Crippen LogP contribution is 2.35. The van der Waals surface area contributed by atoms with E-state index in [9.17, 15) is 5.11 Å². The average molecular weight is 308 g/mol. The second-order valence-electron chi connectivity index (χ2n) is 5.15. The molecule has 0 radical (unpaired) electrons. The molecule has 1 aromatic rings. The van der Waals surface area contributed by atoms with Gasteiger partial charge in [-0.05, 0) is 0 Å². The van der Waals surface area contributed by atoms with Gasteiger partial charge in [-0.15, -0.1) is 0 Å². The van der Waals surface area contributed by atoms with Gasteiger partial charge in [-0.1, -0.05) is 30.3 Å². The molecule has 3 rings (SSSR count). The Labute approximate surface area is 127 Å². The first-order valence-electron chi connectivity index (χ1n) is 6.99. The van der Waals surface area contributed by atoms with E-state index in [0.717, 1.165) is 5.56 Å². The van der Waals surface area contributed by atoms with Gasteiger partial charge in [0, 0.05) is 12.7 Å². The fourth-order valence-electron chi connectivity index (χ4n) is 2.75.